The van der Waals surface area contributed by atoms with E-state index in [2.05, 4.69) is 10.5 Å². The molecule has 0 aromatic heterocycles. The Balaban J connectivity index is 1.82. The topological polar surface area (TPSA) is 64.5 Å². The van der Waals surface area contributed by atoms with E-state index in [1.165, 1.54) is 24.3 Å². The van der Waals surface area contributed by atoms with Crippen LogP contribution in [0, 0.1) is 5.82 Å². The maximum absolute atomic E-state index is 13.4. The molecule has 6 heteroatoms. The SMILES string of the molecule is O=C([O-])c1ccc(NN=C2CCSc3ccc(F)cc32)cc1. The summed E-state index contributed by atoms with van der Waals surface area (Å²) >= 11 is 1.68. The fraction of sp³-hybridized carbons (Fsp3) is 0.125. The summed E-state index contributed by atoms with van der Waals surface area (Å²) < 4.78 is 13.4. The molecule has 0 saturated heterocycles. The number of rotatable bonds is 3. The zero-order valence-electron chi connectivity index (χ0n) is 11.5. The zero-order chi connectivity index (χ0) is 15.5. The monoisotopic (exact) mass is 315 g/mol. The molecule has 2 aromatic carbocycles. The third-order valence-electron chi connectivity index (χ3n) is 3.29. The Morgan fingerprint density at radius 2 is 2.00 bits per heavy atom. The molecule has 0 bridgehead atoms. The van der Waals surface area contributed by atoms with Gasteiger partial charge in [-0.05, 0) is 35.9 Å². The van der Waals surface area contributed by atoms with E-state index in [-0.39, 0.29) is 11.4 Å². The van der Waals surface area contributed by atoms with Crippen molar-refractivity contribution in [3.8, 4) is 0 Å². The number of thioether (sulfide) groups is 1. The molecular formula is C16H12FN2O2S-. The van der Waals surface area contributed by atoms with Gasteiger partial charge in [-0.3, -0.25) is 5.43 Å². The number of carbonyl (C=O) groups is 1. The highest BCUT2D eigenvalue weighted by Gasteiger charge is 2.16. The maximum atomic E-state index is 13.4. The number of benzene rings is 2. The third-order valence-corrected chi connectivity index (χ3v) is 4.36. The Morgan fingerprint density at radius 3 is 2.73 bits per heavy atom. The summed E-state index contributed by atoms with van der Waals surface area (Å²) in [5.74, 6) is -0.609. The number of hydrogen-bond donors (Lipinski definition) is 1. The Kier molecular flexibility index (Phi) is 4.11. The van der Waals surface area contributed by atoms with Crippen LogP contribution in [-0.2, 0) is 0 Å². The molecule has 0 radical (unpaired) electrons. The smallest absolute Gasteiger partial charge is 0.123 e. The second-order valence-electron chi connectivity index (χ2n) is 4.77. The molecule has 22 heavy (non-hydrogen) atoms. The lowest BCUT2D eigenvalue weighted by atomic mass is 10.1. The van der Waals surface area contributed by atoms with E-state index in [4.69, 9.17) is 0 Å². The van der Waals surface area contributed by atoms with Crippen LogP contribution in [-0.4, -0.2) is 17.4 Å². The van der Waals surface area contributed by atoms with Gasteiger partial charge in [0.25, 0.3) is 0 Å². The molecule has 0 amide bonds. The Morgan fingerprint density at radius 1 is 1.23 bits per heavy atom. The van der Waals surface area contributed by atoms with Gasteiger partial charge in [-0.2, -0.15) is 5.10 Å². The number of nitrogens with one attached hydrogen (secondary N) is 1. The van der Waals surface area contributed by atoms with Crippen LogP contribution in [0.4, 0.5) is 10.1 Å². The van der Waals surface area contributed by atoms with Crippen LogP contribution in [0.3, 0.4) is 0 Å². The molecule has 2 aromatic rings. The lowest BCUT2D eigenvalue weighted by molar-refractivity contribution is -0.255. The lowest BCUT2D eigenvalue weighted by Gasteiger charge is -2.17. The fourth-order valence-electron chi connectivity index (χ4n) is 2.17. The first-order valence-electron chi connectivity index (χ1n) is 6.70. The molecule has 1 N–H and O–H groups in total. The molecule has 0 saturated carbocycles. The number of halogens is 1. The first-order valence-corrected chi connectivity index (χ1v) is 7.69. The number of hydrogen-bond acceptors (Lipinski definition) is 5. The highest BCUT2D eigenvalue weighted by atomic mass is 32.2. The van der Waals surface area contributed by atoms with Gasteiger partial charge in [0.15, 0.2) is 0 Å². The minimum absolute atomic E-state index is 0.111. The second-order valence-corrected chi connectivity index (χ2v) is 5.91. The Labute approximate surface area is 131 Å². The van der Waals surface area contributed by atoms with Crippen molar-refractivity contribution in [2.24, 2.45) is 5.10 Å². The van der Waals surface area contributed by atoms with Crippen molar-refractivity contribution in [2.75, 3.05) is 11.2 Å². The van der Waals surface area contributed by atoms with Gasteiger partial charge >= 0.3 is 0 Å². The van der Waals surface area contributed by atoms with Gasteiger partial charge in [-0.15, -0.1) is 11.8 Å². The van der Waals surface area contributed by atoms with E-state index in [0.717, 1.165) is 28.3 Å². The van der Waals surface area contributed by atoms with E-state index < -0.39 is 5.97 Å². The number of carbonyl (C=O) groups excluding carboxylic acids is 1. The number of fused-ring (bicyclic) bond motifs is 1. The zero-order valence-corrected chi connectivity index (χ0v) is 12.3. The summed E-state index contributed by atoms with van der Waals surface area (Å²) in [6, 6.07) is 10.8. The minimum Gasteiger partial charge on any atom is -0.545 e. The van der Waals surface area contributed by atoms with Gasteiger partial charge in [-0.25, -0.2) is 4.39 Å². The molecular weight excluding hydrogens is 303 g/mol. The molecule has 0 spiro atoms. The van der Waals surface area contributed by atoms with Gasteiger partial charge in [0, 0.05) is 22.6 Å². The van der Waals surface area contributed by atoms with Gasteiger partial charge in [0.05, 0.1) is 17.4 Å². The minimum atomic E-state index is -1.22. The number of carboxylic acid groups (broad SMARTS) is 1. The molecule has 4 nitrogen and oxygen atoms in total. The molecule has 0 unspecified atom stereocenters. The molecule has 0 aliphatic carbocycles. The number of hydrazone groups is 1. The van der Waals surface area contributed by atoms with Crippen LogP contribution in [0.1, 0.15) is 22.3 Å². The number of nitrogens with zero attached hydrogens (tertiary/aromatic N) is 1. The van der Waals surface area contributed by atoms with E-state index >= 15 is 0 Å². The first-order chi connectivity index (χ1) is 10.6. The van der Waals surface area contributed by atoms with Gasteiger partial charge in [-0.1, -0.05) is 12.1 Å². The second kappa shape index (κ2) is 6.19. The van der Waals surface area contributed by atoms with E-state index in [1.54, 1.807) is 30.0 Å². The van der Waals surface area contributed by atoms with E-state index in [0.29, 0.717) is 5.69 Å². The van der Waals surface area contributed by atoms with Crippen molar-refractivity contribution in [3.05, 3.63) is 59.4 Å². The molecule has 3 rings (SSSR count). The molecule has 1 aliphatic heterocycles. The van der Waals surface area contributed by atoms with Crippen LogP contribution in [0.2, 0.25) is 0 Å². The average Bonchev–Trinajstić information content (AvgIpc) is 2.53. The van der Waals surface area contributed by atoms with E-state index in [1.807, 2.05) is 0 Å². The summed E-state index contributed by atoms with van der Waals surface area (Å²) in [6.45, 7) is 0. The largest absolute Gasteiger partial charge is 0.545 e. The predicted octanol–water partition coefficient (Wildman–Crippen LogP) is 2.50. The highest BCUT2D eigenvalue weighted by molar-refractivity contribution is 7.99. The molecule has 1 heterocycles. The van der Waals surface area contributed by atoms with Crippen molar-refractivity contribution >= 4 is 29.1 Å². The summed E-state index contributed by atoms with van der Waals surface area (Å²) in [7, 11) is 0. The summed E-state index contributed by atoms with van der Waals surface area (Å²) in [5.41, 5.74) is 5.25. The van der Waals surface area contributed by atoms with Crippen LogP contribution in [0.5, 0.6) is 0 Å². The van der Waals surface area contributed by atoms with Crippen molar-refractivity contribution in [3.63, 3.8) is 0 Å². The quantitative estimate of drug-likeness (QED) is 0.884. The number of aromatic carboxylic acids is 1. The Hall–Kier alpha value is -2.34. The Bertz CT molecular complexity index is 744. The van der Waals surface area contributed by atoms with Crippen molar-refractivity contribution in [1.82, 2.24) is 0 Å². The van der Waals surface area contributed by atoms with Crippen molar-refractivity contribution in [2.45, 2.75) is 11.3 Å². The van der Waals surface area contributed by atoms with Crippen LogP contribution < -0.4 is 10.5 Å². The first kappa shape index (κ1) is 14.6. The fourth-order valence-corrected chi connectivity index (χ4v) is 3.19. The number of carboxylic acids is 1. The lowest BCUT2D eigenvalue weighted by Crippen LogP contribution is -2.21. The van der Waals surface area contributed by atoms with Crippen molar-refractivity contribution < 1.29 is 14.3 Å². The molecule has 0 fully saturated rings. The summed E-state index contributed by atoms with van der Waals surface area (Å²) in [6.07, 6.45) is 0.741. The number of anilines is 1. The normalized spacial score (nSPS) is 15.4. The van der Waals surface area contributed by atoms with Crippen LogP contribution >= 0.6 is 11.8 Å². The molecule has 112 valence electrons. The van der Waals surface area contributed by atoms with Gasteiger partial charge in [0.2, 0.25) is 0 Å². The molecule has 1 aliphatic rings. The maximum Gasteiger partial charge on any atom is 0.123 e. The van der Waals surface area contributed by atoms with E-state index in [9.17, 15) is 14.3 Å². The third kappa shape index (κ3) is 3.12. The predicted molar refractivity (Wildman–Crippen MR) is 82.7 cm³/mol. The van der Waals surface area contributed by atoms with Gasteiger partial charge in [0.1, 0.15) is 5.82 Å². The van der Waals surface area contributed by atoms with Crippen LogP contribution in [0.25, 0.3) is 0 Å². The molecule has 0 atom stereocenters. The highest BCUT2D eigenvalue weighted by Crippen LogP contribution is 2.30. The summed E-state index contributed by atoms with van der Waals surface area (Å²) in [4.78, 5) is 11.7. The van der Waals surface area contributed by atoms with Crippen LogP contribution in [0.15, 0.2) is 52.5 Å². The summed E-state index contributed by atoms with van der Waals surface area (Å²) in [5, 5.41) is 15.0. The van der Waals surface area contributed by atoms with Gasteiger partial charge < -0.3 is 9.90 Å². The van der Waals surface area contributed by atoms with Crippen molar-refractivity contribution in [1.29, 1.82) is 0 Å². The average molecular weight is 315 g/mol. The standard InChI is InChI=1S/C16H13FN2O2S/c17-11-3-6-15-13(9-11)14(7-8-22-15)19-18-12-4-1-10(2-5-12)16(20)21/h1-6,9,18H,7-8H2,(H,20,21)/p-1.